The van der Waals surface area contributed by atoms with Crippen molar-refractivity contribution in [1.82, 2.24) is 15.1 Å². The largest absolute Gasteiger partial charge is 0.480 e. The Morgan fingerprint density at radius 1 is 1.31 bits per heavy atom. The zero-order valence-electron chi connectivity index (χ0n) is 13.6. The third-order valence-corrected chi connectivity index (χ3v) is 4.22. The van der Waals surface area contributed by atoms with E-state index in [0.717, 1.165) is 12.1 Å². The van der Waals surface area contributed by atoms with Gasteiger partial charge in [0.25, 0.3) is 5.91 Å². The van der Waals surface area contributed by atoms with E-state index in [1.807, 2.05) is 0 Å². The number of aliphatic carboxylic acids is 1. The van der Waals surface area contributed by atoms with Crippen molar-refractivity contribution in [3.63, 3.8) is 0 Å². The summed E-state index contributed by atoms with van der Waals surface area (Å²) in [5, 5.41) is 15.3. The standard InChI is InChI=1S/C17H16F3N3O3/c18-9-3-1-4-10(7-9)23-13-6-2-5-11(13)15(22-23)16(24)21-12(17(25)26)8-14(19)20/h1,3-4,7,12,14H,2,5-6,8H2,(H,21,24)(H,25,26). The monoisotopic (exact) mass is 367 g/mol. The minimum Gasteiger partial charge on any atom is -0.480 e. The number of carboxylic acid groups (broad SMARTS) is 1. The molecule has 0 spiro atoms. The zero-order chi connectivity index (χ0) is 18.8. The number of carbonyl (C=O) groups is 2. The molecule has 26 heavy (non-hydrogen) atoms. The fourth-order valence-corrected chi connectivity index (χ4v) is 3.07. The highest BCUT2D eigenvalue weighted by molar-refractivity contribution is 5.96. The van der Waals surface area contributed by atoms with Crippen LogP contribution in [0.5, 0.6) is 0 Å². The van der Waals surface area contributed by atoms with Crippen LogP contribution in [0.1, 0.15) is 34.6 Å². The quantitative estimate of drug-likeness (QED) is 0.821. The molecule has 0 saturated heterocycles. The van der Waals surface area contributed by atoms with E-state index < -0.39 is 36.6 Å². The van der Waals surface area contributed by atoms with E-state index in [1.54, 1.807) is 6.07 Å². The highest BCUT2D eigenvalue weighted by Gasteiger charge is 2.30. The Morgan fingerprint density at radius 2 is 2.08 bits per heavy atom. The number of hydrogen-bond donors (Lipinski definition) is 2. The fraction of sp³-hybridized carbons (Fsp3) is 0.353. The van der Waals surface area contributed by atoms with E-state index in [-0.39, 0.29) is 5.69 Å². The summed E-state index contributed by atoms with van der Waals surface area (Å²) in [6.07, 6.45) is -1.91. The molecule has 2 N–H and O–H groups in total. The van der Waals surface area contributed by atoms with Crippen molar-refractivity contribution in [3.8, 4) is 5.69 Å². The maximum Gasteiger partial charge on any atom is 0.326 e. The van der Waals surface area contributed by atoms with Gasteiger partial charge in [0.1, 0.15) is 11.9 Å². The first-order chi connectivity index (χ1) is 12.4. The van der Waals surface area contributed by atoms with Gasteiger partial charge in [0.05, 0.1) is 5.69 Å². The van der Waals surface area contributed by atoms with Gasteiger partial charge in [0, 0.05) is 17.7 Å². The van der Waals surface area contributed by atoms with E-state index in [2.05, 4.69) is 10.4 Å². The van der Waals surface area contributed by atoms with Crippen LogP contribution in [0.15, 0.2) is 24.3 Å². The smallest absolute Gasteiger partial charge is 0.326 e. The molecule has 1 aromatic carbocycles. The number of fused-ring (bicyclic) bond motifs is 1. The van der Waals surface area contributed by atoms with Crippen LogP contribution < -0.4 is 5.32 Å². The molecule has 9 heteroatoms. The van der Waals surface area contributed by atoms with Gasteiger partial charge in [0.15, 0.2) is 5.69 Å². The number of benzene rings is 1. The summed E-state index contributed by atoms with van der Waals surface area (Å²) >= 11 is 0. The maximum atomic E-state index is 13.5. The van der Waals surface area contributed by atoms with Crippen LogP contribution in [0.2, 0.25) is 0 Å². The Morgan fingerprint density at radius 3 is 2.73 bits per heavy atom. The minimum atomic E-state index is -2.87. The van der Waals surface area contributed by atoms with Crippen LogP contribution in [0, 0.1) is 5.82 Å². The molecule has 1 aliphatic carbocycles. The maximum absolute atomic E-state index is 13.5. The number of nitrogens with zero attached hydrogens (tertiary/aromatic N) is 2. The SMILES string of the molecule is O=C(NC(CC(F)F)C(=O)O)c1nn(-c2cccc(F)c2)c2c1CCC2. The van der Waals surface area contributed by atoms with Gasteiger partial charge >= 0.3 is 5.97 Å². The van der Waals surface area contributed by atoms with Crippen molar-refractivity contribution in [3.05, 3.63) is 47.0 Å². The van der Waals surface area contributed by atoms with Gasteiger partial charge in [-0.3, -0.25) is 4.79 Å². The molecule has 1 atom stereocenters. The van der Waals surface area contributed by atoms with Gasteiger partial charge in [-0.05, 0) is 37.5 Å². The predicted octanol–water partition coefficient (Wildman–Crippen LogP) is 2.34. The van der Waals surface area contributed by atoms with E-state index in [9.17, 15) is 22.8 Å². The number of alkyl halides is 2. The van der Waals surface area contributed by atoms with Crippen LogP contribution in [0.3, 0.4) is 0 Å². The Kier molecular flexibility index (Phi) is 4.97. The highest BCUT2D eigenvalue weighted by Crippen LogP contribution is 2.28. The van der Waals surface area contributed by atoms with E-state index >= 15 is 0 Å². The van der Waals surface area contributed by atoms with Crippen molar-refractivity contribution in [2.75, 3.05) is 0 Å². The molecule has 0 bridgehead atoms. The Bertz CT molecular complexity index is 851. The number of nitrogens with one attached hydrogen (secondary N) is 1. The molecule has 138 valence electrons. The number of aromatic nitrogens is 2. The van der Waals surface area contributed by atoms with E-state index in [4.69, 9.17) is 5.11 Å². The first kappa shape index (κ1) is 18.0. The Labute approximate surface area is 146 Å². The van der Waals surface area contributed by atoms with Gasteiger partial charge in [-0.2, -0.15) is 5.10 Å². The lowest BCUT2D eigenvalue weighted by Crippen LogP contribution is -2.42. The third kappa shape index (κ3) is 3.56. The summed E-state index contributed by atoms with van der Waals surface area (Å²) in [6, 6.07) is 3.98. The molecule has 0 saturated carbocycles. The normalized spacial score (nSPS) is 14.3. The van der Waals surface area contributed by atoms with Gasteiger partial charge in [-0.15, -0.1) is 0 Å². The fourth-order valence-electron chi connectivity index (χ4n) is 3.07. The molecule has 1 unspecified atom stereocenters. The lowest BCUT2D eigenvalue weighted by Gasteiger charge is -2.13. The molecule has 1 amide bonds. The second kappa shape index (κ2) is 7.19. The van der Waals surface area contributed by atoms with Crippen molar-refractivity contribution < 1.29 is 27.9 Å². The van der Waals surface area contributed by atoms with E-state index in [0.29, 0.717) is 24.1 Å². The number of carbonyl (C=O) groups excluding carboxylic acids is 1. The summed E-state index contributed by atoms with van der Waals surface area (Å²) < 4.78 is 40.0. The molecule has 6 nitrogen and oxygen atoms in total. The number of amides is 1. The Balaban J connectivity index is 1.92. The molecule has 0 aliphatic heterocycles. The second-order valence-electron chi connectivity index (χ2n) is 6.01. The van der Waals surface area contributed by atoms with E-state index in [1.165, 1.54) is 22.9 Å². The molecular formula is C17H16F3N3O3. The van der Waals surface area contributed by atoms with Gasteiger partial charge in [-0.25, -0.2) is 22.6 Å². The highest BCUT2D eigenvalue weighted by atomic mass is 19.3. The van der Waals surface area contributed by atoms with Crippen LogP contribution >= 0.6 is 0 Å². The molecular weight excluding hydrogens is 351 g/mol. The topological polar surface area (TPSA) is 84.2 Å². The molecule has 1 heterocycles. The van der Waals surface area contributed by atoms with Gasteiger partial charge in [-0.1, -0.05) is 6.07 Å². The van der Waals surface area contributed by atoms with Gasteiger partial charge < -0.3 is 10.4 Å². The zero-order valence-corrected chi connectivity index (χ0v) is 13.6. The summed E-state index contributed by atoms with van der Waals surface area (Å²) in [5.41, 5.74) is 1.79. The Hall–Kier alpha value is -2.84. The third-order valence-electron chi connectivity index (χ3n) is 4.22. The van der Waals surface area contributed by atoms with Crippen LogP contribution in [0.25, 0.3) is 5.69 Å². The molecule has 1 aliphatic rings. The lowest BCUT2D eigenvalue weighted by molar-refractivity contribution is -0.140. The number of hydrogen-bond acceptors (Lipinski definition) is 3. The molecule has 1 aromatic heterocycles. The van der Waals surface area contributed by atoms with Crippen molar-refractivity contribution in [2.24, 2.45) is 0 Å². The molecule has 3 rings (SSSR count). The van der Waals surface area contributed by atoms with Gasteiger partial charge in [0.2, 0.25) is 6.43 Å². The summed E-state index contributed by atoms with van der Waals surface area (Å²) in [5.74, 6) is -2.83. The van der Waals surface area contributed by atoms with Crippen molar-refractivity contribution >= 4 is 11.9 Å². The second-order valence-corrected chi connectivity index (χ2v) is 6.01. The lowest BCUT2D eigenvalue weighted by atomic mass is 10.1. The van der Waals surface area contributed by atoms with Crippen molar-refractivity contribution in [1.29, 1.82) is 0 Å². The molecule has 2 aromatic rings. The average Bonchev–Trinajstić information content (AvgIpc) is 3.15. The number of rotatable bonds is 6. The summed E-state index contributed by atoms with van der Waals surface area (Å²) in [7, 11) is 0. The number of carboxylic acids is 1. The van der Waals surface area contributed by atoms with Crippen LogP contribution in [-0.2, 0) is 17.6 Å². The first-order valence-corrected chi connectivity index (χ1v) is 8.05. The van der Waals surface area contributed by atoms with Crippen LogP contribution in [0.4, 0.5) is 13.2 Å². The first-order valence-electron chi connectivity index (χ1n) is 8.05. The number of halogens is 3. The van der Waals surface area contributed by atoms with Crippen molar-refractivity contribution in [2.45, 2.75) is 38.2 Å². The summed E-state index contributed by atoms with van der Waals surface area (Å²) in [6.45, 7) is 0. The average molecular weight is 367 g/mol. The predicted molar refractivity (Wildman–Crippen MR) is 85.1 cm³/mol. The summed E-state index contributed by atoms with van der Waals surface area (Å²) in [4.78, 5) is 23.5. The molecule has 0 radical (unpaired) electrons. The molecule has 0 fully saturated rings. The minimum absolute atomic E-state index is 0.0118. The van der Waals surface area contributed by atoms with Crippen LogP contribution in [-0.4, -0.2) is 39.2 Å².